The average molecular weight is 293 g/mol. The van der Waals surface area contributed by atoms with Gasteiger partial charge in [0.1, 0.15) is 0 Å². The minimum atomic E-state index is -0.159. The summed E-state index contributed by atoms with van der Waals surface area (Å²) in [6.45, 7) is 3.33. The molecule has 3 aromatic rings. The first-order valence-electron chi connectivity index (χ1n) is 6.93. The Morgan fingerprint density at radius 1 is 1.05 bits per heavy atom. The van der Waals surface area contributed by atoms with E-state index >= 15 is 0 Å². The quantitative estimate of drug-likeness (QED) is 0.790. The first kappa shape index (κ1) is 14.0. The molecule has 0 spiro atoms. The Labute approximate surface area is 127 Å². The van der Waals surface area contributed by atoms with Gasteiger partial charge in [-0.15, -0.1) is 0 Å². The molecule has 0 bridgehead atoms. The van der Waals surface area contributed by atoms with Crippen LogP contribution in [0, 0.1) is 6.92 Å². The third-order valence-electron chi connectivity index (χ3n) is 3.42. The Balaban J connectivity index is 2.12. The number of nitrogens with zero attached hydrogens (tertiary/aromatic N) is 2. The Morgan fingerprint density at radius 3 is 2.32 bits per heavy atom. The number of carbonyl (C=O) groups is 1. The molecule has 0 unspecified atom stereocenters. The zero-order chi connectivity index (χ0) is 15.7. The molecule has 0 atom stereocenters. The van der Waals surface area contributed by atoms with Gasteiger partial charge >= 0.3 is 0 Å². The summed E-state index contributed by atoms with van der Waals surface area (Å²) in [7, 11) is 0. The first-order chi connectivity index (χ1) is 10.6. The van der Waals surface area contributed by atoms with E-state index in [4.69, 9.17) is 0 Å². The summed E-state index contributed by atoms with van der Waals surface area (Å²) in [5.74, 6) is -0.135. The van der Waals surface area contributed by atoms with Crippen molar-refractivity contribution in [2.75, 3.05) is 5.32 Å². The van der Waals surface area contributed by atoms with Gasteiger partial charge in [0.15, 0.2) is 0 Å². The number of hydrogen-bond acceptors (Lipinski definition) is 3. The molecule has 0 aliphatic heterocycles. The molecule has 1 N–H and O–H groups in total. The third kappa shape index (κ3) is 2.48. The van der Waals surface area contributed by atoms with E-state index < -0.39 is 0 Å². The molecule has 0 saturated heterocycles. The number of anilines is 1. The van der Waals surface area contributed by atoms with E-state index in [-0.39, 0.29) is 11.5 Å². The largest absolute Gasteiger partial charge is 0.326 e. The maximum absolute atomic E-state index is 12.6. The van der Waals surface area contributed by atoms with Gasteiger partial charge in [0.2, 0.25) is 5.91 Å². The summed E-state index contributed by atoms with van der Waals surface area (Å²) < 4.78 is 1.38. The Kier molecular flexibility index (Phi) is 3.47. The van der Waals surface area contributed by atoms with Crippen LogP contribution in [0.4, 0.5) is 5.69 Å². The van der Waals surface area contributed by atoms with Crippen LogP contribution >= 0.6 is 0 Å². The van der Waals surface area contributed by atoms with E-state index in [1.807, 2.05) is 25.1 Å². The van der Waals surface area contributed by atoms with Crippen molar-refractivity contribution in [3.8, 4) is 5.69 Å². The lowest BCUT2D eigenvalue weighted by molar-refractivity contribution is -0.114. The number of fused-ring (bicyclic) bond motifs is 1. The molecule has 0 radical (unpaired) electrons. The SMILES string of the molecule is CC(=O)Nc1ccc(-n2nc(C)c3ccccc3c2=O)cc1. The van der Waals surface area contributed by atoms with Crippen LogP contribution in [0.1, 0.15) is 12.6 Å². The highest BCUT2D eigenvalue weighted by Crippen LogP contribution is 2.15. The minimum Gasteiger partial charge on any atom is -0.326 e. The highest BCUT2D eigenvalue weighted by Gasteiger charge is 2.09. The average Bonchev–Trinajstić information content (AvgIpc) is 2.51. The van der Waals surface area contributed by atoms with Crippen molar-refractivity contribution in [1.29, 1.82) is 0 Å². The number of aryl methyl sites for hydroxylation is 1. The number of hydrogen-bond donors (Lipinski definition) is 1. The van der Waals surface area contributed by atoms with Crippen molar-refractivity contribution in [3.05, 3.63) is 64.6 Å². The molecule has 1 amide bonds. The van der Waals surface area contributed by atoms with Crippen LogP contribution in [0.2, 0.25) is 0 Å². The van der Waals surface area contributed by atoms with Gasteiger partial charge < -0.3 is 5.32 Å². The second kappa shape index (κ2) is 5.44. The summed E-state index contributed by atoms with van der Waals surface area (Å²) in [5, 5.41) is 8.57. The summed E-state index contributed by atoms with van der Waals surface area (Å²) in [5.41, 5.74) is 1.98. The maximum Gasteiger partial charge on any atom is 0.279 e. The van der Waals surface area contributed by atoms with E-state index in [1.165, 1.54) is 11.6 Å². The summed E-state index contributed by atoms with van der Waals surface area (Å²) in [6, 6.07) is 14.4. The number of nitrogens with one attached hydrogen (secondary N) is 1. The van der Waals surface area contributed by atoms with Gasteiger partial charge in [-0.3, -0.25) is 9.59 Å². The zero-order valence-corrected chi connectivity index (χ0v) is 12.3. The molecule has 110 valence electrons. The fourth-order valence-electron chi connectivity index (χ4n) is 2.41. The fourth-order valence-corrected chi connectivity index (χ4v) is 2.41. The fraction of sp³-hybridized carbons (Fsp3) is 0.118. The van der Waals surface area contributed by atoms with Crippen LogP contribution in [0.5, 0.6) is 0 Å². The van der Waals surface area contributed by atoms with Crippen LogP contribution in [0.25, 0.3) is 16.5 Å². The van der Waals surface area contributed by atoms with Crippen LogP contribution in [0.3, 0.4) is 0 Å². The van der Waals surface area contributed by atoms with E-state index in [2.05, 4.69) is 10.4 Å². The maximum atomic E-state index is 12.6. The lowest BCUT2D eigenvalue weighted by atomic mass is 10.1. The second-order valence-electron chi connectivity index (χ2n) is 5.08. The molecule has 0 aliphatic rings. The molecule has 5 nitrogen and oxygen atoms in total. The van der Waals surface area contributed by atoms with E-state index in [0.29, 0.717) is 16.8 Å². The monoisotopic (exact) mass is 293 g/mol. The van der Waals surface area contributed by atoms with Crippen LogP contribution in [-0.4, -0.2) is 15.7 Å². The molecule has 1 heterocycles. The smallest absolute Gasteiger partial charge is 0.279 e. The van der Waals surface area contributed by atoms with Crippen molar-refractivity contribution in [2.24, 2.45) is 0 Å². The highest BCUT2D eigenvalue weighted by atomic mass is 16.1. The van der Waals surface area contributed by atoms with Gasteiger partial charge in [-0.1, -0.05) is 18.2 Å². The van der Waals surface area contributed by atoms with E-state index in [0.717, 1.165) is 11.1 Å². The van der Waals surface area contributed by atoms with Crippen LogP contribution < -0.4 is 10.9 Å². The van der Waals surface area contributed by atoms with Gasteiger partial charge in [-0.05, 0) is 37.3 Å². The number of carbonyl (C=O) groups excluding carboxylic acids is 1. The van der Waals surface area contributed by atoms with Crippen molar-refractivity contribution in [1.82, 2.24) is 9.78 Å². The normalized spacial score (nSPS) is 10.6. The molecule has 3 rings (SSSR count). The van der Waals surface area contributed by atoms with Crippen molar-refractivity contribution < 1.29 is 4.79 Å². The van der Waals surface area contributed by atoms with Gasteiger partial charge in [0.25, 0.3) is 5.56 Å². The molecule has 0 saturated carbocycles. The summed E-state index contributed by atoms with van der Waals surface area (Å²) in [6.07, 6.45) is 0. The van der Waals surface area contributed by atoms with E-state index in [1.54, 1.807) is 30.3 Å². The Bertz CT molecular complexity index is 911. The predicted molar refractivity (Wildman–Crippen MR) is 86.4 cm³/mol. The number of rotatable bonds is 2. The minimum absolute atomic E-state index is 0.135. The first-order valence-corrected chi connectivity index (χ1v) is 6.93. The zero-order valence-electron chi connectivity index (χ0n) is 12.3. The number of aromatic nitrogens is 2. The summed E-state index contributed by atoms with van der Waals surface area (Å²) >= 11 is 0. The predicted octanol–water partition coefficient (Wildman–Crippen LogP) is 2.65. The summed E-state index contributed by atoms with van der Waals surface area (Å²) in [4.78, 5) is 23.6. The van der Waals surface area contributed by atoms with Crippen LogP contribution in [0.15, 0.2) is 53.3 Å². The van der Waals surface area contributed by atoms with Gasteiger partial charge in [-0.25, -0.2) is 0 Å². The Hall–Kier alpha value is -2.95. The lowest BCUT2D eigenvalue weighted by Gasteiger charge is -2.09. The van der Waals surface area contributed by atoms with E-state index in [9.17, 15) is 9.59 Å². The standard InChI is InChI=1S/C17H15N3O2/c1-11-15-5-3-4-6-16(15)17(22)20(19-11)14-9-7-13(8-10-14)18-12(2)21/h3-10H,1-2H3,(H,18,21). The molecule has 5 heteroatoms. The molecule has 2 aromatic carbocycles. The van der Waals surface area contributed by atoms with Crippen LogP contribution in [-0.2, 0) is 4.79 Å². The number of amides is 1. The van der Waals surface area contributed by atoms with Crippen molar-refractivity contribution in [3.63, 3.8) is 0 Å². The second-order valence-corrected chi connectivity index (χ2v) is 5.08. The molecular weight excluding hydrogens is 278 g/mol. The van der Waals surface area contributed by atoms with Gasteiger partial charge in [0, 0.05) is 18.0 Å². The highest BCUT2D eigenvalue weighted by molar-refractivity contribution is 5.88. The van der Waals surface area contributed by atoms with Gasteiger partial charge in [0.05, 0.1) is 16.8 Å². The molecule has 0 aliphatic carbocycles. The molecular formula is C17H15N3O2. The Morgan fingerprint density at radius 2 is 1.68 bits per heavy atom. The number of benzene rings is 2. The third-order valence-corrected chi connectivity index (χ3v) is 3.42. The van der Waals surface area contributed by atoms with Gasteiger partial charge in [-0.2, -0.15) is 9.78 Å². The molecule has 1 aromatic heterocycles. The molecule has 0 fully saturated rings. The van der Waals surface area contributed by atoms with Crippen molar-refractivity contribution >= 4 is 22.4 Å². The lowest BCUT2D eigenvalue weighted by Crippen LogP contribution is -2.22. The van der Waals surface area contributed by atoms with Crippen molar-refractivity contribution in [2.45, 2.75) is 13.8 Å². The topological polar surface area (TPSA) is 64.0 Å². The molecule has 22 heavy (non-hydrogen) atoms.